The first-order valence-electron chi connectivity index (χ1n) is 7.82. The van der Waals surface area contributed by atoms with Crippen LogP contribution in [0.3, 0.4) is 0 Å². The lowest BCUT2D eigenvalue weighted by Crippen LogP contribution is -2.47. The largest absolute Gasteiger partial charge is 0.350 e. The van der Waals surface area contributed by atoms with Gasteiger partial charge in [0.25, 0.3) is 0 Å². The number of benzene rings is 1. The minimum atomic E-state index is -0.400. The number of hydrogen-bond acceptors (Lipinski definition) is 4. The smallest absolute Gasteiger partial charge is 0.243 e. The lowest BCUT2D eigenvalue weighted by atomic mass is 10.1. The van der Waals surface area contributed by atoms with Crippen molar-refractivity contribution in [2.75, 3.05) is 11.6 Å². The zero-order chi connectivity index (χ0) is 16.8. The van der Waals surface area contributed by atoms with E-state index in [9.17, 15) is 9.59 Å². The highest BCUT2D eigenvalue weighted by Gasteiger charge is 2.34. The minimum absolute atomic E-state index is 0.0344. The Kier molecular flexibility index (Phi) is 5.48. The summed E-state index contributed by atoms with van der Waals surface area (Å²) in [5, 5.41) is 2.93. The normalized spacial score (nSPS) is 16.8. The number of aromatic nitrogens is 1. The Hall–Kier alpha value is -2.34. The van der Waals surface area contributed by atoms with E-state index in [0.29, 0.717) is 18.2 Å². The Morgan fingerprint density at radius 2 is 1.96 bits per heavy atom. The minimum Gasteiger partial charge on any atom is -0.350 e. The van der Waals surface area contributed by atoms with Crippen LogP contribution < -0.4 is 5.32 Å². The number of nitrogens with one attached hydrogen (secondary N) is 1. The van der Waals surface area contributed by atoms with Gasteiger partial charge in [-0.2, -0.15) is 0 Å². The molecule has 1 atom stereocenters. The average molecular weight is 341 g/mol. The summed E-state index contributed by atoms with van der Waals surface area (Å²) in [6, 6.07) is 13.0. The van der Waals surface area contributed by atoms with Gasteiger partial charge in [-0.15, -0.1) is 11.8 Å². The van der Waals surface area contributed by atoms with Crippen LogP contribution in [0, 0.1) is 0 Å². The standard InChI is InChI=1S/C18H19N3O2S/c22-17(9-15-7-4-8-19-10-15)21-13-24-12-16(21)18(23)20-11-14-5-2-1-3-6-14/h1-8,10,16H,9,11-13H2,(H,20,23)/t16-/m1/s1. The number of nitrogens with zero attached hydrogens (tertiary/aromatic N) is 2. The van der Waals surface area contributed by atoms with Crippen LogP contribution in [0.2, 0.25) is 0 Å². The predicted molar refractivity (Wildman–Crippen MR) is 94.2 cm³/mol. The molecule has 6 heteroatoms. The molecular formula is C18H19N3O2S. The van der Waals surface area contributed by atoms with Gasteiger partial charge in [-0.05, 0) is 17.2 Å². The summed E-state index contributed by atoms with van der Waals surface area (Å²) in [6.45, 7) is 0.478. The summed E-state index contributed by atoms with van der Waals surface area (Å²) in [5.41, 5.74) is 1.91. The van der Waals surface area contributed by atoms with Crippen LogP contribution in [-0.2, 0) is 22.6 Å². The molecule has 1 aromatic carbocycles. The Bertz CT molecular complexity index is 694. The van der Waals surface area contributed by atoms with E-state index in [0.717, 1.165) is 11.1 Å². The molecule has 3 rings (SSSR count). The fraction of sp³-hybridized carbons (Fsp3) is 0.278. The first kappa shape index (κ1) is 16.5. The molecule has 124 valence electrons. The van der Waals surface area contributed by atoms with Gasteiger partial charge in [0.1, 0.15) is 6.04 Å². The Morgan fingerprint density at radius 3 is 2.71 bits per heavy atom. The SMILES string of the molecule is O=C(NCc1ccccc1)[C@H]1CSCN1C(=O)Cc1cccnc1. The summed E-state index contributed by atoms with van der Waals surface area (Å²) >= 11 is 1.61. The molecule has 1 N–H and O–H groups in total. The van der Waals surface area contributed by atoms with Gasteiger partial charge in [0.15, 0.2) is 0 Å². The van der Waals surface area contributed by atoms with E-state index in [-0.39, 0.29) is 18.2 Å². The third kappa shape index (κ3) is 4.14. The fourth-order valence-electron chi connectivity index (χ4n) is 2.59. The first-order chi connectivity index (χ1) is 11.7. The highest BCUT2D eigenvalue weighted by Crippen LogP contribution is 2.22. The number of carbonyl (C=O) groups excluding carboxylic acids is 2. The fourth-order valence-corrected chi connectivity index (χ4v) is 3.77. The number of thioether (sulfide) groups is 1. The number of hydrogen-bond donors (Lipinski definition) is 1. The second-order valence-corrected chi connectivity index (χ2v) is 6.62. The zero-order valence-corrected chi connectivity index (χ0v) is 14.0. The molecule has 24 heavy (non-hydrogen) atoms. The van der Waals surface area contributed by atoms with Gasteiger partial charge >= 0.3 is 0 Å². The molecular weight excluding hydrogens is 322 g/mol. The lowest BCUT2D eigenvalue weighted by Gasteiger charge is -2.23. The molecule has 1 aliphatic heterocycles. The highest BCUT2D eigenvalue weighted by atomic mass is 32.2. The highest BCUT2D eigenvalue weighted by molar-refractivity contribution is 7.99. The Balaban J connectivity index is 1.58. The lowest BCUT2D eigenvalue weighted by molar-refractivity contribution is -0.137. The van der Waals surface area contributed by atoms with Crippen LogP contribution in [0.1, 0.15) is 11.1 Å². The molecule has 2 aromatic rings. The van der Waals surface area contributed by atoms with E-state index in [1.807, 2.05) is 42.5 Å². The molecule has 0 saturated carbocycles. The van der Waals surface area contributed by atoms with E-state index in [1.165, 1.54) is 0 Å². The summed E-state index contributed by atoms with van der Waals surface area (Å²) < 4.78 is 0. The summed E-state index contributed by atoms with van der Waals surface area (Å²) in [6.07, 6.45) is 3.64. The van der Waals surface area contributed by atoms with Crippen molar-refractivity contribution >= 4 is 23.6 Å². The molecule has 0 spiro atoms. The molecule has 1 aromatic heterocycles. The Labute approximate surface area is 145 Å². The summed E-state index contributed by atoms with van der Waals surface area (Å²) in [5.74, 6) is 1.07. The maximum atomic E-state index is 12.5. The zero-order valence-electron chi connectivity index (χ0n) is 13.2. The third-order valence-electron chi connectivity index (χ3n) is 3.89. The predicted octanol–water partition coefficient (Wildman–Crippen LogP) is 1.84. The number of pyridine rings is 1. The van der Waals surface area contributed by atoms with Crippen LogP contribution in [0.25, 0.3) is 0 Å². The summed E-state index contributed by atoms with van der Waals surface area (Å²) in [4.78, 5) is 30.7. The molecule has 0 bridgehead atoms. The van der Waals surface area contributed by atoms with E-state index in [1.54, 1.807) is 29.1 Å². The van der Waals surface area contributed by atoms with Crippen molar-refractivity contribution in [2.45, 2.75) is 19.0 Å². The number of rotatable bonds is 5. The van der Waals surface area contributed by atoms with Crippen LogP contribution in [-0.4, -0.2) is 39.4 Å². The topological polar surface area (TPSA) is 62.3 Å². The number of amides is 2. The van der Waals surface area contributed by atoms with Gasteiger partial charge in [-0.3, -0.25) is 14.6 Å². The quantitative estimate of drug-likeness (QED) is 0.901. The molecule has 1 aliphatic rings. The van der Waals surface area contributed by atoms with Crippen LogP contribution in [0.15, 0.2) is 54.9 Å². The molecule has 2 amide bonds. The average Bonchev–Trinajstić information content (AvgIpc) is 3.11. The summed E-state index contributed by atoms with van der Waals surface area (Å²) in [7, 11) is 0. The van der Waals surface area contributed by atoms with Crippen molar-refractivity contribution in [2.24, 2.45) is 0 Å². The van der Waals surface area contributed by atoms with Crippen molar-refractivity contribution < 1.29 is 9.59 Å². The van der Waals surface area contributed by atoms with Gasteiger partial charge in [-0.1, -0.05) is 36.4 Å². The molecule has 5 nitrogen and oxygen atoms in total. The second-order valence-electron chi connectivity index (χ2n) is 5.62. The van der Waals surface area contributed by atoms with E-state index >= 15 is 0 Å². The van der Waals surface area contributed by atoms with Crippen molar-refractivity contribution in [3.63, 3.8) is 0 Å². The van der Waals surface area contributed by atoms with Crippen molar-refractivity contribution in [1.82, 2.24) is 15.2 Å². The van der Waals surface area contributed by atoms with Gasteiger partial charge in [0.2, 0.25) is 11.8 Å². The van der Waals surface area contributed by atoms with Gasteiger partial charge in [0, 0.05) is 24.7 Å². The molecule has 2 heterocycles. The van der Waals surface area contributed by atoms with Crippen molar-refractivity contribution in [3.8, 4) is 0 Å². The van der Waals surface area contributed by atoms with Gasteiger partial charge in [-0.25, -0.2) is 0 Å². The maximum Gasteiger partial charge on any atom is 0.243 e. The van der Waals surface area contributed by atoms with Crippen molar-refractivity contribution in [3.05, 3.63) is 66.0 Å². The first-order valence-corrected chi connectivity index (χ1v) is 8.97. The van der Waals surface area contributed by atoms with Crippen molar-refractivity contribution in [1.29, 1.82) is 0 Å². The molecule has 0 aliphatic carbocycles. The second kappa shape index (κ2) is 7.97. The van der Waals surface area contributed by atoms with E-state index in [2.05, 4.69) is 10.3 Å². The third-order valence-corrected chi connectivity index (χ3v) is 4.91. The van der Waals surface area contributed by atoms with Gasteiger partial charge < -0.3 is 10.2 Å². The van der Waals surface area contributed by atoms with Crippen LogP contribution in [0.5, 0.6) is 0 Å². The maximum absolute atomic E-state index is 12.5. The molecule has 1 fully saturated rings. The van der Waals surface area contributed by atoms with E-state index in [4.69, 9.17) is 0 Å². The van der Waals surface area contributed by atoms with Gasteiger partial charge in [0.05, 0.1) is 12.3 Å². The number of carbonyl (C=O) groups is 2. The molecule has 0 unspecified atom stereocenters. The van der Waals surface area contributed by atoms with Crippen LogP contribution >= 0.6 is 11.8 Å². The van der Waals surface area contributed by atoms with E-state index < -0.39 is 6.04 Å². The van der Waals surface area contributed by atoms with Crippen LogP contribution in [0.4, 0.5) is 0 Å². The monoisotopic (exact) mass is 341 g/mol. The molecule has 1 saturated heterocycles. The Morgan fingerprint density at radius 1 is 1.17 bits per heavy atom. The molecule has 0 radical (unpaired) electrons.